The number of esters is 1. The van der Waals surface area contributed by atoms with Gasteiger partial charge in [-0.3, -0.25) is 4.98 Å². The Labute approximate surface area is 92.4 Å². The fourth-order valence-electron chi connectivity index (χ4n) is 1.77. The minimum atomic E-state index is -1.04. The average molecular weight is 225 g/mol. The summed E-state index contributed by atoms with van der Waals surface area (Å²) in [7, 11) is 1.30. The number of carbonyl (C=O) groups is 1. The van der Waals surface area contributed by atoms with E-state index >= 15 is 0 Å². The van der Waals surface area contributed by atoms with Gasteiger partial charge in [0.05, 0.1) is 19.0 Å². The van der Waals surface area contributed by atoms with E-state index in [9.17, 15) is 9.18 Å². The molecule has 1 aliphatic rings. The SMILES string of the molecule is COC(=O)C1(C)OC1(C)c1ccc(F)cn1. The lowest BCUT2D eigenvalue weighted by Crippen LogP contribution is -2.29. The van der Waals surface area contributed by atoms with Crippen molar-refractivity contribution >= 4 is 5.97 Å². The molecule has 2 unspecified atom stereocenters. The molecule has 1 aromatic rings. The van der Waals surface area contributed by atoms with E-state index in [1.165, 1.54) is 19.2 Å². The molecule has 4 nitrogen and oxygen atoms in total. The molecule has 2 rings (SSSR count). The summed E-state index contributed by atoms with van der Waals surface area (Å²) >= 11 is 0. The lowest BCUT2D eigenvalue weighted by Gasteiger charge is -2.09. The second-order valence-corrected chi connectivity index (χ2v) is 4.02. The lowest BCUT2D eigenvalue weighted by atomic mass is 9.92. The smallest absolute Gasteiger partial charge is 0.341 e. The molecular weight excluding hydrogens is 213 g/mol. The van der Waals surface area contributed by atoms with E-state index in [2.05, 4.69) is 9.72 Å². The number of nitrogens with zero attached hydrogens (tertiary/aromatic N) is 1. The maximum Gasteiger partial charge on any atom is 0.341 e. The summed E-state index contributed by atoms with van der Waals surface area (Å²) in [6.45, 7) is 3.36. The van der Waals surface area contributed by atoms with E-state index in [-0.39, 0.29) is 0 Å². The van der Waals surface area contributed by atoms with Crippen molar-refractivity contribution in [2.24, 2.45) is 0 Å². The van der Waals surface area contributed by atoms with Crippen molar-refractivity contribution in [3.8, 4) is 0 Å². The van der Waals surface area contributed by atoms with E-state index in [1.807, 2.05) is 0 Å². The first-order valence-electron chi connectivity index (χ1n) is 4.84. The third-order valence-electron chi connectivity index (χ3n) is 3.07. The first-order chi connectivity index (χ1) is 7.44. The molecule has 0 aromatic carbocycles. The summed E-state index contributed by atoms with van der Waals surface area (Å²) in [5, 5.41) is 0. The van der Waals surface area contributed by atoms with Crippen molar-refractivity contribution in [1.82, 2.24) is 4.98 Å². The molecule has 0 amide bonds. The summed E-state index contributed by atoms with van der Waals surface area (Å²) in [5.74, 6) is -0.881. The van der Waals surface area contributed by atoms with Crippen LogP contribution in [-0.4, -0.2) is 23.7 Å². The fourth-order valence-corrected chi connectivity index (χ4v) is 1.77. The Morgan fingerprint density at radius 3 is 2.69 bits per heavy atom. The van der Waals surface area contributed by atoms with Crippen LogP contribution in [0.3, 0.4) is 0 Å². The highest BCUT2D eigenvalue weighted by Crippen LogP contribution is 2.55. The molecule has 0 spiro atoms. The Bertz CT molecular complexity index is 433. The second-order valence-electron chi connectivity index (χ2n) is 4.02. The largest absolute Gasteiger partial charge is 0.467 e. The van der Waals surface area contributed by atoms with Gasteiger partial charge in [-0.1, -0.05) is 0 Å². The number of aromatic nitrogens is 1. The van der Waals surface area contributed by atoms with Gasteiger partial charge in [0.15, 0.2) is 5.60 Å². The van der Waals surface area contributed by atoms with E-state index in [0.717, 1.165) is 6.20 Å². The Balaban J connectivity index is 2.30. The van der Waals surface area contributed by atoms with E-state index in [4.69, 9.17) is 4.74 Å². The molecule has 1 fully saturated rings. The van der Waals surface area contributed by atoms with Crippen LogP contribution in [0.5, 0.6) is 0 Å². The molecule has 1 aliphatic heterocycles. The molecule has 0 radical (unpaired) electrons. The van der Waals surface area contributed by atoms with Crippen LogP contribution in [0.1, 0.15) is 19.5 Å². The van der Waals surface area contributed by atoms with Crippen LogP contribution in [0.25, 0.3) is 0 Å². The zero-order valence-corrected chi connectivity index (χ0v) is 9.28. The first kappa shape index (κ1) is 11.0. The van der Waals surface area contributed by atoms with Gasteiger partial charge in [0, 0.05) is 0 Å². The van der Waals surface area contributed by atoms with Crippen LogP contribution in [0.2, 0.25) is 0 Å². The number of ether oxygens (including phenoxy) is 2. The number of halogens is 1. The van der Waals surface area contributed by atoms with Crippen LogP contribution < -0.4 is 0 Å². The molecule has 86 valence electrons. The van der Waals surface area contributed by atoms with E-state index in [0.29, 0.717) is 5.69 Å². The zero-order chi connectivity index (χ0) is 12.0. The number of rotatable bonds is 2. The van der Waals surface area contributed by atoms with E-state index in [1.54, 1.807) is 13.8 Å². The lowest BCUT2D eigenvalue weighted by molar-refractivity contribution is -0.146. The summed E-state index contributed by atoms with van der Waals surface area (Å²) in [4.78, 5) is 15.4. The monoisotopic (exact) mass is 225 g/mol. The van der Waals surface area contributed by atoms with Crippen molar-refractivity contribution in [3.63, 3.8) is 0 Å². The summed E-state index contributed by atoms with van der Waals surface area (Å²) < 4.78 is 22.8. The molecule has 0 saturated carbocycles. The van der Waals surface area contributed by atoms with Gasteiger partial charge in [-0.15, -0.1) is 0 Å². The first-order valence-corrected chi connectivity index (χ1v) is 4.84. The van der Waals surface area contributed by atoms with Crippen LogP contribution in [0.15, 0.2) is 18.3 Å². The number of carbonyl (C=O) groups excluding carboxylic acids is 1. The van der Waals surface area contributed by atoms with Gasteiger partial charge in [-0.25, -0.2) is 9.18 Å². The van der Waals surface area contributed by atoms with Gasteiger partial charge < -0.3 is 9.47 Å². The van der Waals surface area contributed by atoms with Gasteiger partial charge in [0.2, 0.25) is 0 Å². The number of hydrogen-bond donors (Lipinski definition) is 0. The molecule has 5 heteroatoms. The number of pyridine rings is 1. The van der Waals surface area contributed by atoms with Crippen molar-refractivity contribution in [2.45, 2.75) is 25.0 Å². The fraction of sp³-hybridized carbons (Fsp3) is 0.455. The molecule has 1 saturated heterocycles. The summed E-state index contributed by atoms with van der Waals surface area (Å²) in [6.07, 6.45) is 1.10. The highest BCUT2D eigenvalue weighted by atomic mass is 19.1. The number of epoxide rings is 1. The van der Waals surface area contributed by atoms with Crippen molar-refractivity contribution < 1.29 is 18.7 Å². The third kappa shape index (κ3) is 1.31. The Morgan fingerprint density at radius 2 is 2.19 bits per heavy atom. The van der Waals surface area contributed by atoms with Crippen LogP contribution in [0, 0.1) is 5.82 Å². The molecule has 0 bridgehead atoms. The number of hydrogen-bond acceptors (Lipinski definition) is 4. The van der Waals surface area contributed by atoms with Gasteiger partial charge in [-0.2, -0.15) is 0 Å². The predicted octanol–water partition coefficient (Wildman–Crippen LogP) is 1.40. The van der Waals surface area contributed by atoms with Gasteiger partial charge >= 0.3 is 5.97 Å². The Kier molecular flexibility index (Phi) is 2.24. The van der Waals surface area contributed by atoms with Gasteiger partial charge in [0.25, 0.3) is 0 Å². The zero-order valence-electron chi connectivity index (χ0n) is 9.28. The minimum Gasteiger partial charge on any atom is -0.467 e. The highest BCUT2D eigenvalue weighted by Gasteiger charge is 2.71. The van der Waals surface area contributed by atoms with Crippen LogP contribution in [0.4, 0.5) is 4.39 Å². The molecular formula is C11H12FNO3. The molecule has 0 aliphatic carbocycles. The number of methoxy groups -OCH3 is 1. The van der Waals surface area contributed by atoms with Crippen molar-refractivity contribution in [1.29, 1.82) is 0 Å². The molecule has 1 aromatic heterocycles. The maximum absolute atomic E-state index is 12.7. The third-order valence-corrected chi connectivity index (χ3v) is 3.07. The van der Waals surface area contributed by atoms with E-state index < -0.39 is 23.0 Å². The van der Waals surface area contributed by atoms with Crippen molar-refractivity contribution in [3.05, 3.63) is 29.8 Å². The second kappa shape index (κ2) is 3.25. The van der Waals surface area contributed by atoms with Crippen LogP contribution in [-0.2, 0) is 19.9 Å². The molecule has 0 N–H and O–H groups in total. The Hall–Kier alpha value is -1.49. The van der Waals surface area contributed by atoms with Crippen LogP contribution >= 0.6 is 0 Å². The summed E-state index contributed by atoms with van der Waals surface area (Å²) in [6, 6.07) is 2.79. The molecule has 16 heavy (non-hydrogen) atoms. The topological polar surface area (TPSA) is 51.7 Å². The normalized spacial score (nSPS) is 32.2. The van der Waals surface area contributed by atoms with Crippen molar-refractivity contribution in [2.75, 3.05) is 7.11 Å². The summed E-state index contributed by atoms with van der Waals surface area (Å²) in [5.41, 5.74) is -1.36. The quantitative estimate of drug-likeness (QED) is 0.564. The molecule has 2 heterocycles. The Morgan fingerprint density at radius 1 is 1.50 bits per heavy atom. The van der Waals surface area contributed by atoms with Gasteiger partial charge in [-0.05, 0) is 26.0 Å². The average Bonchev–Trinajstić information content (AvgIpc) is 2.84. The standard InChI is InChI=1S/C11H12FNO3/c1-10(8-5-4-7(12)6-13-8)11(2,16-10)9(14)15-3/h4-6H,1-3H3. The predicted molar refractivity (Wildman–Crippen MR) is 53.1 cm³/mol. The minimum absolute atomic E-state index is 0.423. The molecule has 2 atom stereocenters. The maximum atomic E-state index is 12.7. The van der Waals surface area contributed by atoms with Gasteiger partial charge in [0.1, 0.15) is 11.4 Å². The highest BCUT2D eigenvalue weighted by molar-refractivity contribution is 5.84.